The van der Waals surface area contributed by atoms with E-state index in [0.717, 1.165) is 17.1 Å². The van der Waals surface area contributed by atoms with Gasteiger partial charge in [-0.25, -0.2) is 0 Å². The average molecular weight is 241 g/mol. The van der Waals surface area contributed by atoms with E-state index in [9.17, 15) is 0 Å². The molecule has 0 atom stereocenters. The Morgan fingerprint density at radius 1 is 1.00 bits per heavy atom. The fourth-order valence-electron chi connectivity index (χ4n) is 2.26. The molecule has 0 aromatic heterocycles. The Morgan fingerprint density at radius 2 is 1.67 bits per heavy atom. The highest BCUT2D eigenvalue weighted by Gasteiger charge is 2.11. The number of methoxy groups -OCH3 is 2. The van der Waals surface area contributed by atoms with Crippen LogP contribution in [0.2, 0.25) is 0 Å². The molecule has 2 heteroatoms. The molecule has 2 aromatic carbocycles. The largest absolute Gasteiger partial charge is 0.497 e. The first-order valence-electron chi connectivity index (χ1n) is 5.87. The molecule has 2 rings (SSSR count). The van der Waals surface area contributed by atoms with E-state index in [-0.39, 0.29) is 0 Å². The first kappa shape index (κ1) is 12.5. The van der Waals surface area contributed by atoms with Gasteiger partial charge in [-0.05, 0) is 54.8 Å². The number of hydrogen-bond acceptors (Lipinski definition) is 2. The minimum Gasteiger partial charge on any atom is -0.497 e. The summed E-state index contributed by atoms with van der Waals surface area (Å²) in [5.74, 6) is 1.73. The van der Waals surface area contributed by atoms with Gasteiger partial charge in [-0.15, -0.1) is 0 Å². The van der Waals surface area contributed by atoms with Crippen LogP contribution in [-0.4, -0.2) is 14.2 Å². The fraction of sp³-hybridized carbons (Fsp3) is 0.250. The highest BCUT2D eigenvalue weighted by atomic mass is 16.5. The Kier molecular flexibility index (Phi) is 3.56. The van der Waals surface area contributed by atoms with Gasteiger partial charge in [0.1, 0.15) is 11.5 Å². The van der Waals surface area contributed by atoms with Crippen molar-refractivity contribution < 1.29 is 9.47 Å². The van der Waals surface area contributed by atoms with Gasteiger partial charge < -0.3 is 9.47 Å². The van der Waals surface area contributed by atoms with Gasteiger partial charge in [-0.2, -0.15) is 0 Å². The Hall–Kier alpha value is -1.96. The molecule has 93 valence electrons. The maximum Gasteiger partial charge on any atom is 0.127 e. The molecule has 0 saturated carbocycles. The van der Waals surface area contributed by atoms with Gasteiger partial charge in [0.25, 0.3) is 0 Å². The van der Waals surface area contributed by atoms with Gasteiger partial charge in [0, 0.05) is 5.56 Å². The summed E-state index contributed by atoms with van der Waals surface area (Å²) in [6.07, 6.45) is 0. The zero-order chi connectivity index (χ0) is 13.1. The lowest BCUT2D eigenvalue weighted by Gasteiger charge is -2.15. The molecule has 0 N–H and O–H groups in total. The minimum absolute atomic E-state index is 0.842. The molecule has 2 aromatic rings. The topological polar surface area (TPSA) is 18.5 Å². The summed E-state index contributed by atoms with van der Waals surface area (Å²) in [5, 5.41) is 0. The second kappa shape index (κ2) is 5.13. The highest BCUT2D eigenvalue weighted by Crippen LogP contribution is 2.36. The van der Waals surface area contributed by atoms with Crippen LogP contribution in [0.1, 0.15) is 11.1 Å². The zero-order valence-electron chi connectivity index (χ0n) is 11.2. The molecule has 0 amide bonds. The fourth-order valence-corrected chi connectivity index (χ4v) is 2.26. The van der Waals surface area contributed by atoms with E-state index >= 15 is 0 Å². The first-order chi connectivity index (χ1) is 8.67. The number of benzene rings is 2. The molecule has 0 heterocycles. The highest BCUT2D eigenvalue weighted by molar-refractivity contribution is 5.76. The number of rotatable bonds is 3. The Bertz CT molecular complexity index is 536. The quantitative estimate of drug-likeness (QED) is 0.814. The van der Waals surface area contributed by atoms with Crippen molar-refractivity contribution >= 4 is 0 Å². The summed E-state index contributed by atoms with van der Waals surface area (Å²) in [4.78, 5) is 0. The molecule has 0 saturated heterocycles. The van der Waals surface area contributed by atoms with Crippen molar-refractivity contribution in [3.63, 3.8) is 0 Å². The maximum atomic E-state index is 5.40. The van der Waals surface area contributed by atoms with Crippen LogP contribution in [0.15, 0.2) is 30.3 Å². The van der Waals surface area contributed by atoms with E-state index in [4.69, 9.17) is 9.47 Å². The van der Waals surface area contributed by atoms with Crippen LogP contribution in [0, 0.1) is 19.9 Å². The molecular weight excluding hydrogens is 224 g/mol. The van der Waals surface area contributed by atoms with Crippen LogP contribution in [-0.2, 0) is 0 Å². The monoisotopic (exact) mass is 241 g/mol. The lowest BCUT2D eigenvalue weighted by molar-refractivity contribution is 0.413. The summed E-state index contributed by atoms with van der Waals surface area (Å²) in [6.45, 7) is 4.17. The predicted octanol–water partition coefficient (Wildman–Crippen LogP) is 3.79. The summed E-state index contributed by atoms with van der Waals surface area (Å²) in [6, 6.07) is 12.9. The molecule has 18 heavy (non-hydrogen) atoms. The van der Waals surface area contributed by atoms with E-state index in [1.54, 1.807) is 14.2 Å². The van der Waals surface area contributed by atoms with E-state index in [1.807, 2.05) is 30.3 Å². The Morgan fingerprint density at radius 3 is 2.22 bits per heavy atom. The molecule has 1 radical (unpaired) electrons. The molecule has 0 aliphatic heterocycles. The molecule has 0 fully saturated rings. The van der Waals surface area contributed by atoms with E-state index in [1.165, 1.54) is 16.7 Å². The van der Waals surface area contributed by atoms with Gasteiger partial charge in [-0.3, -0.25) is 0 Å². The van der Waals surface area contributed by atoms with E-state index < -0.39 is 0 Å². The predicted molar refractivity (Wildman–Crippen MR) is 73.3 cm³/mol. The van der Waals surface area contributed by atoms with Crippen molar-refractivity contribution in [2.75, 3.05) is 14.2 Å². The summed E-state index contributed by atoms with van der Waals surface area (Å²) < 4.78 is 10.7. The van der Waals surface area contributed by atoms with Gasteiger partial charge in [0.2, 0.25) is 0 Å². The number of aryl methyl sites for hydroxylation is 2. The maximum absolute atomic E-state index is 5.40. The minimum atomic E-state index is 0.842. The summed E-state index contributed by atoms with van der Waals surface area (Å²) in [5.41, 5.74) is 4.64. The zero-order valence-corrected chi connectivity index (χ0v) is 11.2. The van der Waals surface area contributed by atoms with Gasteiger partial charge in [-0.1, -0.05) is 12.1 Å². The first-order valence-corrected chi connectivity index (χ1v) is 5.87. The molecular formula is C16H17O2. The van der Waals surface area contributed by atoms with E-state index in [0.29, 0.717) is 0 Å². The molecule has 0 spiro atoms. The summed E-state index contributed by atoms with van der Waals surface area (Å²) >= 11 is 0. The van der Waals surface area contributed by atoms with Crippen LogP contribution < -0.4 is 9.47 Å². The average Bonchev–Trinajstić information content (AvgIpc) is 2.38. The van der Waals surface area contributed by atoms with Gasteiger partial charge in [0.05, 0.1) is 14.2 Å². The Labute approximate surface area is 108 Å². The normalized spacial score (nSPS) is 10.2. The lowest BCUT2D eigenvalue weighted by Crippen LogP contribution is -1.94. The van der Waals surface area contributed by atoms with Crippen molar-refractivity contribution in [1.29, 1.82) is 0 Å². The van der Waals surface area contributed by atoms with Crippen molar-refractivity contribution in [1.82, 2.24) is 0 Å². The third-order valence-corrected chi connectivity index (χ3v) is 3.06. The molecule has 0 aliphatic carbocycles. The molecule has 0 bridgehead atoms. The number of ether oxygens (including phenoxy) is 2. The van der Waals surface area contributed by atoms with Crippen molar-refractivity contribution in [3.05, 3.63) is 47.5 Å². The lowest BCUT2D eigenvalue weighted by atomic mass is 9.95. The van der Waals surface area contributed by atoms with Gasteiger partial charge >= 0.3 is 0 Å². The van der Waals surface area contributed by atoms with Crippen molar-refractivity contribution in [3.8, 4) is 22.6 Å². The summed E-state index contributed by atoms with van der Waals surface area (Å²) in [7, 11) is 3.37. The van der Waals surface area contributed by atoms with Crippen molar-refractivity contribution in [2.24, 2.45) is 0 Å². The second-order valence-electron chi connectivity index (χ2n) is 4.26. The number of hydrogen-bond donors (Lipinski definition) is 0. The van der Waals surface area contributed by atoms with Crippen LogP contribution in [0.4, 0.5) is 0 Å². The van der Waals surface area contributed by atoms with Crippen LogP contribution in [0.3, 0.4) is 0 Å². The van der Waals surface area contributed by atoms with Crippen LogP contribution in [0.25, 0.3) is 11.1 Å². The van der Waals surface area contributed by atoms with E-state index in [2.05, 4.69) is 19.9 Å². The molecule has 0 aliphatic rings. The van der Waals surface area contributed by atoms with Crippen LogP contribution in [0.5, 0.6) is 11.5 Å². The second-order valence-corrected chi connectivity index (χ2v) is 4.26. The van der Waals surface area contributed by atoms with Gasteiger partial charge in [0.15, 0.2) is 0 Å². The third-order valence-electron chi connectivity index (χ3n) is 3.06. The molecule has 0 unspecified atom stereocenters. The van der Waals surface area contributed by atoms with Crippen molar-refractivity contribution in [2.45, 2.75) is 13.8 Å². The Balaban J connectivity index is 2.64. The smallest absolute Gasteiger partial charge is 0.127 e. The SMILES string of the molecule is COc1cc(C)c(-c2cc[c]cc2OC)c(C)c1. The van der Waals surface area contributed by atoms with Crippen LogP contribution >= 0.6 is 0 Å². The molecule has 2 nitrogen and oxygen atoms in total. The standard InChI is InChI=1S/C16H17O2/c1-11-9-13(17-3)10-12(2)16(11)14-7-5-6-8-15(14)18-4/h5,7-10H,1-4H3. The third kappa shape index (κ3) is 2.19.